The van der Waals surface area contributed by atoms with E-state index in [2.05, 4.69) is 0 Å². The van der Waals surface area contributed by atoms with Crippen molar-refractivity contribution in [1.82, 2.24) is 19.6 Å². The van der Waals surface area contributed by atoms with E-state index in [1.165, 1.54) is 21.6 Å². The maximum Gasteiger partial charge on any atom is 0.242 e. The Bertz CT molecular complexity index is 837. The van der Waals surface area contributed by atoms with E-state index in [0.29, 0.717) is 45.6 Å². The molecular weight excluding hydrogens is 474 g/mol. The lowest BCUT2D eigenvalue weighted by molar-refractivity contribution is -0.145. The highest BCUT2D eigenvalue weighted by atomic mass is 16.2. The van der Waals surface area contributed by atoms with Gasteiger partial charge in [-0.3, -0.25) is 24.1 Å². The van der Waals surface area contributed by atoms with Crippen LogP contribution in [0.5, 0.6) is 0 Å². The standard InChI is InChI=1S/C26H45N7O4/c1-22(34)17-31(15-7-12-28)25(36)20-32(16-8-13-29)26(37)21-33(18-23-9-4-3-5-10-23)24(35)19-30(2)14-6-11-27/h3-5,9-10H,6-8,11-21,27-29H2,1-2H3. The molecule has 0 aliphatic rings. The van der Waals surface area contributed by atoms with Crippen LogP contribution in [0.2, 0.25) is 0 Å². The lowest BCUT2D eigenvalue weighted by Crippen LogP contribution is -2.49. The predicted molar refractivity (Wildman–Crippen MR) is 144 cm³/mol. The largest absolute Gasteiger partial charge is 0.334 e. The highest BCUT2D eigenvalue weighted by Gasteiger charge is 2.25. The Morgan fingerprint density at radius 1 is 0.649 bits per heavy atom. The molecule has 3 amide bonds. The van der Waals surface area contributed by atoms with E-state index in [1.807, 2.05) is 42.3 Å². The topological polar surface area (TPSA) is 159 Å². The minimum absolute atomic E-state index is 0.0362. The van der Waals surface area contributed by atoms with Crippen molar-refractivity contribution in [1.29, 1.82) is 0 Å². The number of benzene rings is 1. The van der Waals surface area contributed by atoms with E-state index in [-0.39, 0.29) is 62.8 Å². The third kappa shape index (κ3) is 13.3. The van der Waals surface area contributed by atoms with Crippen molar-refractivity contribution < 1.29 is 19.2 Å². The van der Waals surface area contributed by atoms with Gasteiger partial charge in [0, 0.05) is 19.6 Å². The Morgan fingerprint density at radius 2 is 1.11 bits per heavy atom. The monoisotopic (exact) mass is 519 g/mol. The van der Waals surface area contributed by atoms with Gasteiger partial charge < -0.3 is 31.9 Å². The summed E-state index contributed by atoms with van der Waals surface area (Å²) in [7, 11) is 1.84. The maximum atomic E-state index is 13.4. The van der Waals surface area contributed by atoms with Crippen LogP contribution in [-0.4, -0.2) is 116 Å². The maximum absolute atomic E-state index is 13.4. The van der Waals surface area contributed by atoms with E-state index >= 15 is 0 Å². The van der Waals surface area contributed by atoms with Gasteiger partial charge >= 0.3 is 0 Å². The number of hydrogen-bond donors (Lipinski definition) is 3. The predicted octanol–water partition coefficient (Wildman–Crippen LogP) is -0.760. The molecule has 0 fully saturated rings. The first-order chi connectivity index (χ1) is 17.7. The zero-order valence-corrected chi connectivity index (χ0v) is 22.4. The lowest BCUT2D eigenvalue weighted by atomic mass is 10.2. The SMILES string of the molecule is CC(=O)CN(CCCN)C(=O)CN(CCCN)C(=O)CN(Cc1ccccc1)C(=O)CN(C)CCCN. The average Bonchev–Trinajstić information content (AvgIpc) is 2.87. The van der Waals surface area contributed by atoms with Gasteiger partial charge in [-0.1, -0.05) is 30.3 Å². The van der Waals surface area contributed by atoms with Crippen molar-refractivity contribution in [3.8, 4) is 0 Å². The molecule has 0 aliphatic heterocycles. The minimum atomic E-state index is -0.350. The molecule has 1 aromatic rings. The summed E-state index contributed by atoms with van der Waals surface area (Å²) >= 11 is 0. The Morgan fingerprint density at radius 3 is 1.62 bits per heavy atom. The summed E-state index contributed by atoms with van der Waals surface area (Å²) in [6.07, 6.45) is 1.81. The van der Waals surface area contributed by atoms with Crippen molar-refractivity contribution >= 4 is 23.5 Å². The van der Waals surface area contributed by atoms with Crippen LogP contribution in [0.4, 0.5) is 0 Å². The molecule has 0 aliphatic carbocycles. The molecule has 0 saturated heterocycles. The average molecular weight is 520 g/mol. The molecule has 37 heavy (non-hydrogen) atoms. The Kier molecular flexibility index (Phi) is 16.0. The Labute approximate surface area is 220 Å². The summed E-state index contributed by atoms with van der Waals surface area (Å²) in [6, 6.07) is 9.44. The molecule has 0 atom stereocenters. The molecule has 208 valence electrons. The first-order valence-corrected chi connectivity index (χ1v) is 12.9. The molecule has 11 nitrogen and oxygen atoms in total. The van der Waals surface area contributed by atoms with Gasteiger partial charge in [0.05, 0.1) is 19.6 Å². The molecule has 0 bridgehead atoms. The molecule has 1 aromatic carbocycles. The fourth-order valence-electron chi connectivity index (χ4n) is 3.75. The number of hydrogen-bond acceptors (Lipinski definition) is 8. The summed E-state index contributed by atoms with van der Waals surface area (Å²) in [5.74, 6) is -1.03. The smallest absolute Gasteiger partial charge is 0.242 e. The van der Waals surface area contributed by atoms with E-state index in [1.54, 1.807) is 0 Å². The third-order valence-electron chi connectivity index (χ3n) is 5.75. The molecule has 0 unspecified atom stereocenters. The van der Waals surface area contributed by atoms with Gasteiger partial charge in [-0.25, -0.2) is 0 Å². The fraction of sp³-hybridized carbons (Fsp3) is 0.615. The lowest BCUT2D eigenvalue weighted by Gasteiger charge is -2.30. The fourth-order valence-corrected chi connectivity index (χ4v) is 3.75. The van der Waals surface area contributed by atoms with Crippen molar-refractivity contribution in [2.45, 2.75) is 32.7 Å². The van der Waals surface area contributed by atoms with Gasteiger partial charge in [0.1, 0.15) is 12.3 Å². The number of rotatable bonds is 19. The van der Waals surface area contributed by atoms with Crippen LogP contribution in [0.3, 0.4) is 0 Å². The normalized spacial score (nSPS) is 10.9. The molecule has 0 spiro atoms. The second-order valence-electron chi connectivity index (χ2n) is 9.23. The van der Waals surface area contributed by atoms with Crippen molar-refractivity contribution in [2.24, 2.45) is 17.2 Å². The van der Waals surface area contributed by atoms with Gasteiger partial charge in [0.2, 0.25) is 17.7 Å². The van der Waals surface area contributed by atoms with Crippen LogP contribution in [-0.2, 0) is 25.7 Å². The van der Waals surface area contributed by atoms with Crippen LogP contribution in [0.25, 0.3) is 0 Å². The molecule has 1 rings (SSSR count). The van der Waals surface area contributed by atoms with Gasteiger partial charge in [0.15, 0.2) is 0 Å². The Hall–Kier alpha value is -2.86. The number of amides is 3. The van der Waals surface area contributed by atoms with Crippen LogP contribution < -0.4 is 17.2 Å². The number of carbonyl (C=O) groups excluding carboxylic acids is 4. The third-order valence-corrected chi connectivity index (χ3v) is 5.75. The van der Waals surface area contributed by atoms with Crippen molar-refractivity contribution in [2.75, 3.05) is 72.5 Å². The van der Waals surface area contributed by atoms with Crippen molar-refractivity contribution in [3.05, 3.63) is 35.9 Å². The molecule has 0 aromatic heterocycles. The number of likely N-dealkylation sites (N-methyl/N-ethyl adjacent to an activating group) is 1. The van der Waals surface area contributed by atoms with Crippen LogP contribution in [0.15, 0.2) is 30.3 Å². The first-order valence-electron chi connectivity index (χ1n) is 12.9. The van der Waals surface area contributed by atoms with Gasteiger partial charge in [-0.05, 0) is 65.0 Å². The number of nitrogens with two attached hydrogens (primary N) is 3. The van der Waals surface area contributed by atoms with E-state index in [9.17, 15) is 19.2 Å². The molecule has 6 N–H and O–H groups in total. The number of ketones is 1. The number of Topliss-reactive ketones (excluding diaryl/α,β-unsaturated/α-hetero) is 1. The molecular formula is C26H45N7O4. The summed E-state index contributed by atoms with van der Waals surface area (Å²) in [5.41, 5.74) is 17.7. The zero-order valence-electron chi connectivity index (χ0n) is 22.4. The number of carbonyl (C=O) groups is 4. The summed E-state index contributed by atoms with van der Waals surface area (Å²) in [4.78, 5) is 57.6. The second-order valence-corrected chi connectivity index (χ2v) is 9.23. The summed E-state index contributed by atoms with van der Waals surface area (Å²) in [5, 5.41) is 0. The molecule has 11 heteroatoms. The van der Waals surface area contributed by atoms with E-state index in [0.717, 1.165) is 12.0 Å². The van der Waals surface area contributed by atoms with Crippen LogP contribution >= 0.6 is 0 Å². The molecule has 0 heterocycles. The van der Waals surface area contributed by atoms with Crippen molar-refractivity contribution in [3.63, 3.8) is 0 Å². The number of nitrogens with zero attached hydrogens (tertiary/aromatic N) is 4. The summed E-state index contributed by atoms with van der Waals surface area (Å²) in [6.45, 7) is 3.96. The second kappa shape index (κ2) is 18.4. The molecule has 0 radical (unpaired) electrons. The van der Waals surface area contributed by atoms with Gasteiger partial charge in [-0.2, -0.15) is 0 Å². The van der Waals surface area contributed by atoms with Crippen LogP contribution in [0.1, 0.15) is 31.7 Å². The summed E-state index contributed by atoms with van der Waals surface area (Å²) < 4.78 is 0. The zero-order chi connectivity index (χ0) is 27.6. The minimum Gasteiger partial charge on any atom is -0.334 e. The Balaban J connectivity index is 3.04. The van der Waals surface area contributed by atoms with Gasteiger partial charge in [-0.15, -0.1) is 0 Å². The van der Waals surface area contributed by atoms with Crippen LogP contribution in [0, 0.1) is 0 Å². The highest BCUT2D eigenvalue weighted by Crippen LogP contribution is 2.08. The highest BCUT2D eigenvalue weighted by molar-refractivity contribution is 5.90. The van der Waals surface area contributed by atoms with E-state index < -0.39 is 0 Å². The quantitative estimate of drug-likeness (QED) is 0.215. The van der Waals surface area contributed by atoms with Gasteiger partial charge in [0.25, 0.3) is 0 Å². The first kappa shape index (κ1) is 32.2. The molecule has 0 saturated carbocycles. The van der Waals surface area contributed by atoms with E-state index in [4.69, 9.17) is 17.2 Å².